The summed E-state index contributed by atoms with van der Waals surface area (Å²) in [4.78, 5) is 0. The smallest absolute Gasteiger partial charge is 0.0776 e. The van der Waals surface area contributed by atoms with Gasteiger partial charge in [-0.2, -0.15) is 0 Å². The summed E-state index contributed by atoms with van der Waals surface area (Å²) in [5, 5.41) is 9.96. The number of nitrogens with two attached hydrogens (primary N) is 1. The number of hydrogen-bond acceptors (Lipinski definition) is 3. The lowest BCUT2D eigenvalue weighted by Crippen LogP contribution is -2.25. The van der Waals surface area contributed by atoms with E-state index in [1.54, 1.807) is 0 Å². The van der Waals surface area contributed by atoms with Gasteiger partial charge in [-0.3, -0.25) is 0 Å². The fraction of sp³-hybridized carbons (Fsp3) is 1.00. The van der Waals surface area contributed by atoms with Crippen molar-refractivity contribution < 1.29 is 9.84 Å². The van der Waals surface area contributed by atoms with Crippen LogP contribution in [0.1, 0.15) is 51.4 Å². The van der Waals surface area contributed by atoms with Gasteiger partial charge in [-0.25, -0.2) is 0 Å². The topological polar surface area (TPSA) is 55.5 Å². The van der Waals surface area contributed by atoms with Gasteiger partial charge in [0.2, 0.25) is 0 Å². The molecule has 3 heteroatoms. The first-order chi connectivity index (χ1) is 8.79. The molecule has 0 bridgehead atoms. The molecular weight excluding hydrogens is 226 g/mol. The minimum absolute atomic E-state index is 0.258. The van der Waals surface area contributed by atoms with Gasteiger partial charge in [0.25, 0.3) is 0 Å². The second-order valence-electron chi connectivity index (χ2n) is 6.26. The predicted molar refractivity (Wildman–Crippen MR) is 73.3 cm³/mol. The van der Waals surface area contributed by atoms with Crippen molar-refractivity contribution in [3.05, 3.63) is 0 Å². The summed E-state index contributed by atoms with van der Waals surface area (Å²) < 4.78 is 5.72. The van der Waals surface area contributed by atoms with Gasteiger partial charge < -0.3 is 15.6 Å². The molecule has 2 rings (SSSR count). The lowest BCUT2D eigenvalue weighted by molar-refractivity contribution is 0.00621. The molecule has 0 aromatic heterocycles. The van der Waals surface area contributed by atoms with Crippen LogP contribution >= 0.6 is 0 Å². The molecule has 0 aliphatic heterocycles. The monoisotopic (exact) mass is 255 g/mol. The maximum absolute atomic E-state index is 9.96. The van der Waals surface area contributed by atoms with Crippen molar-refractivity contribution in [2.45, 2.75) is 57.5 Å². The van der Waals surface area contributed by atoms with Gasteiger partial charge in [0.1, 0.15) is 0 Å². The zero-order valence-electron chi connectivity index (χ0n) is 11.5. The van der Waals surface area contributed by atoms with Crippen LogP contribution in [0, 0.1) is 17.8 Å². The highest BCUT2D eigenvalue weighted by atomic mass is 16.5. The maximum Gasteiger partial charge on any atom is 0.0776 e. The summed E-state index contributed by atoms with van der Waals surface area (Å²) in [6, 6.07) is 0. The molecule has 2 fully saturated rings. The zero-order chi connectivity index (χ0) is 12.8. The molecule has 3 nitrogen and oxygen atoms in total. The third-order valence-electron chi connectivity index (χ3n) is 4.84. The Morgan fingerprint density at radius 3 is 2.50 bits per heavy atom. The highest BCUT2D eigenvalue weighted by molar-refractivity contribution is 4.78. The molecule has 2 saturated carbocycles. The van der Waals surface area contributed by atoms with Crippen molar-refractivity contribution >= 4 is 0 Å². The Labute approximate surface area is 111 Å². The average Bonchev–Trinajstić information content (AvgIpc) is 3.00. The summed E-state index contributed by atoms with van der Waals surface area (Å²) in [7, 11) is 0. The summed E-state index contributed by atoms with van der Waals surface area (Å²) in [5.74, 6) is 2.03. The molecule has 106 valence electrons. The van der Waals surface area contributed by atoms with Gasteiger partial charge in [-0.05, 0) is 43.6 Å². The Morgan fingerprint density at radius 2 is 1.78 bits per heavy atom. The van der Waals surface area contributed by atoms with Gasteiger partial charge in [-0.1, -0.05) is 32.1 Å². The molecule has 3 atom stereocenters. The Morgan fingerprint density at radius 1 is 1.06 bits per heavy atom. The molecule has 0 aromatic rings. The van der Waals surface area contributed by atoms with Crippen molar-refractivity contribution in [1.29, 1.82) is 0 Å². The van der Waals surface area contributed by atoms with E-state index in [2.05, 4.69) is 0 Å². The number of aliphatic hydroxyl groups excluding tert-OH is 1. The molecule has 0 heterocycles. The number of aliphatic hydroxyl groups is 1. The van der Waals surface area contributed by atoms with E-state index in [0.29, 0.717) is 18.4 Å². The van der Waals surface area contributed by atoms with Crippen LogP contribution in [0.5, 0.6) is 0 Å². The lowest BCUT2D eigenvalue weighted by Gasteiger charge is -2.20. The lowest BCUT2D eigenvalue weighted by atomic mass is 9.97. The fourth-order valence-corrected chi connectivity index (χ4v) is 3.70. The van der Waals surface area contributed by atoms with Crippen molar-refractivity contribution in [3.8, 4) is 0 Å². The van der Waals surface area contributed by atoms with E-state index in [0.717, 1.165) is 25.5 Å². The molecule has 2 aliphatic rings. The summed E-state index contributed by atoms with van der Waals surface area (Å²) >= 11 is 0. The van der Waals surface area contributed by atoms with Gasteiger partial charge in [0, 0.05) is 6.61 Å². The first-order valence-corrected chi connectivity index (χ1v) is 7.75. The summed E-state index contributed by atoms with van der Waals surface area (Å²) in [6.45, 7) is 2.10. The van der Waals surface area contributed by atoms with Gasteiger partial charge >= 0.3 is 0 Å². The van der Waals surface area contributed by atoms with E-state index >= 15 is 0 Å². The first-order valence-electron chi connectivity index (χ1n) is 7.75. The minimum Gasteiger partial charge on any atom is -0.391 e. The van der Waals surface area contributed by atoms with Gasteiger partial charge in [-0.15, -0.1) is 0 Å². The van der Waals surface area contributed by atoms with Crippen molar-refractivity contribution in [1.82, 2.24) is 0 Å². The maximum atomic E-state index is 9.96. The Hall–Kier alpha value is -0.120. The van der Waals surface area contributed by atoms with Crippen LogP contribution < -0.4 is 5.73 Å². The predicted octanol–water partition coefficient (Wildman–Crippen LogP) is 2.32. The van der Waals surface area contributed by atoms with Crippen LogP contribution in [0.3, 0.4) is 0 Å². The van der Waals surface area contributed by atoms with Crippen molar-refractivity contribution in [3.63, 3.8) is 0 Å². The Balaban J connectivity index is 1.56. The fourth-order valence-electron chi connectivity index (χ4n) is 3.70. The third kappa shape index (κ3) is 4.22. The molecule has 18 heavy (non-hydrogen) atoms. The van der Waals surface area contributed by atoms with Crippen LogP contribution in [0.4, 0.5) is 0 Å². The number of hydrogen-bond donors (Lipinski definition) is 2. The van der Waals surface area contributed by atoms with Crippen LogP contribution in [0.25, 0.3) is 0 Å². The molecule has 0 radical (unpaired) electrons. The molecule has 3 unspecified atom stereocenters. The molecule has 0 amide bonds. The molecule has 2 aliphatic carbocycles. The quantitative estimate of drug-likeness (QED) is 0.734. The average molecular weight is 255 g/mol. The third-order valence-corrected chi connectivity index (χ3v) is 4.84. The van der Waals surface area contributed by atoms with Gasteiger partial charge in [0.05, 0.1) is 12.7 Å². The number of rotatable bonds is 7. The van der Waals surface area contributed by atoms with E-state index in [-0.39, 0.29) is 6.10 Å². The van der Waals surface area contributed by atoms with E-state index < -0.39 is 0 Å². The summed E-state index contributed by atoms with van der Waals surface area (Å²) in [5.41, 5.74) is 5.76. The Bertz CT molecular complexity index is 229. The molecular formula is C15H29NO2. The van der Waals surface area contributed by atoms with Crippen molar-refractivity contribution in [2.24, 2.45) is 23.5 Å². The highest BCUT2D eigenvalue weighted by Gasteiger charge is 2.26. The largest absolute Gasteiger partial charge is 0.391 e. The molecule has 0 saturated heterocycles. The SMILES string of the molecule is NCC1CCCC1COCC(O)CC1CCCC1. The highest BCUT2D eigenvalue weighted by Crippen LogP contribution is 2.31. The van der Waals surface area contributed by atoms with Crippen LogP contribution in [0.2, 0.25) is 0 Å². The van der Waals surface area contributed by atoms with E-state index in [4.69, 9.17) is 10.5 Å². The van der Waals surface area contributed by atoms with E-state index in [9.17, 15) is 5.11 Å². The molecule has 3 N–H and O–H groups in total. The summed E-state index contributed by atoms with van der Waals surface area (Å²) in [6.07, 6.45) is 9.77. The van der Waals surface area contributed by atoms with E-state index in [1.807, 2.05) is 0 Å². The number of ether oxygens (including phenoxy) is 1. The second kappa shape index (κ2) is 7.46. The molecule has 0 spiro atoms. The normalized spacial score (nSPS) is 31.0. The van der Waals surface area contributed by atoms with Crippen molar-refractivity contribution in [2.75, 3.05) is 19.8 Å². The zero-order valence-corrected chi connectivity index (χ0v) is 11.5. The van der Waals surface area contributed by atoms with Crippen LogP contribution in [-0.4, -0.2) is 31.0 Å². The van der Waals surface area contributed by atoms with Gasteiger partial charge in [0.15, 0.2) is 0 Å². The minimum atomic E-state index is -0.258. The second-order valence-corrected chi connectivity index (χ2v) is 6.26. The Kier molecular flexibility index (Phi) is 5.93. The van der Waals surface area contributed by atoms with E-state index in [1.165, 1.54) is 44.9 Å². The standard InChI is InChI=1S/C15H29NO2/c16-9-13-6-3-7-14(13)10-18-11-15(17)8-12-4-1-2-5-12/h12-15,17H,1-11,16H2. The molecule has 0 aromatic carbocycles. The first kappa shape index (κ1) is 14.3. The van der Waals surface area contributed by atoms with Crippen LogP contribution in [0.15, 0.2) is 0 Å². The van der Waals surface area contributed by atoms with Crippen LogP contribution in [-0.2, 0) is 4.74 Å².